The number of carboxylic acids is 1. The summed E-state index contributed by atoms with van der Waals surface area (Å²) in [6.07, 6.45) is 3.88. The number of carboxylic acid groups (broad SMARTS) is 1. The van der Waals surface area contributed by atoms with E-state index in [1.807, 2.05) is 34.9 Å². The number of fused-ring (bicyclic) bond motifs is 1. The highest BCUT2D eigenvalue weighted by molar-refractivity contribution is 5.89. The Morgan fingerprint density at radius 2 is 2.05 bits per heavy atom. The lowest BCUT2D eigenvalue weighted by Crippen LogP contribution is -2.08. The molecule has 0 atom stereocenters. The Balaban J connectivity index is 1.90. The molecule has 0 amide bonds. The first-order chi connectivity index (χ1) is 10.2. The molecule has 4 rings (SSSR count). The van der Waals surface area contributed by atoms with Crippen LogP contribution in [0.4, 0.5) is 0 Å². The van der Waals surface area contributed by atoms with Crippen LogP contribution < -0.4 is 0 Å². The van der Waals surface area contributed by atoms with Crippen molar-refractivity contribution in [3.05, 3.63) is 54.4 Å². The fraction of sp³-hybridized carbons (Fsp3) is 0.176. The van der Waals surface area contributed by atoms with Gasteiger partial charge in [-0.3, -0.25) is 4.98 Å². The van der Waals surface area contributed by atoms with Crippen molar-refractivity contribution < 1.29 is 9.90 Å². The highest BCUT2D eigenvalue weighted by Gasteiger charge is 2.29. The van der Waals surface area contributed by atoms with Gasteiger partial charge in [-0.25, -0.2) is 4.79 Å². The molecule has 1 fully saturated rings. The molecule has 0 aliphatic heterocycles. The van der Waals surface area contributed by atoms with Gasteiger partial charge in [-0.05, 0) is 48.7 Å². The zero-order valence-corrected chi connectivity index (χ0v) is 11.4. The van der Waals surface area contributed by atoms with Crippen LogP contribution in [0.5, 0.6) is 0 Å². The predicted molar refractivity (Wildman–Crippen MR) is 80.4 cm³/mol. The van der Waals surface area contributed by atoms with Crippen molar-refractivity contribution in [2.75, 3.05) is 0 Å². The Morgan fingerprint density at radius 1 is 1.19 bits per heavy atom. The molecule has 0 radical (unpaired) electrons. The van der Waals surface area contributed by atoms with Gasteiger partial charge in [0.2, 0.25) is 0 Å². The standard InChI is InChI=1S/C17H14N2O2/c20-17(21)16-8-7-15(19(16)13-4-5-13)12-3-6-14-11(10-12)2-1-9-18-14/h1-3,6-10,13H,4-5H2,(H,20,21). The average Bonchev–Trinajstić information content (AvgIpc) is 3.24. The third-order valence-corrected chi connectivity index (χ3v) is 3.95. The monoisotopic (exact) mass is 278 g/mol. The van der Waals surface area contributed by atoms with Crippen molar-refractivity contribution in [1.82, 2.24) is 9.55 Å². The normalized spacial score (nSPS) is 14.5. The Hall–Kier alpha value is -2.62. The van der Waals surface area contributed by atoms with Gasteiger partial charge in [0.05, 0.1) is 5.52 Å². The summed E-state index contributed by atoms with van der Waals surface area (Å²) in [6, 6.07) is 13.9. The van der Waals surface area contributed by atoms with E-state index in [1.54, 1.807) is 12.3 Å². The fourth-order valence-corrected chi connectivity index (χ4v) is 2.82. The first kappa shape index (κ1) is 12.1. The van der Waals surface area contributed by atoms with Gasteiger partial charge in [0.1, 0.15) is 5.69 Å². The van der Waals surface area contributed by atoms with E-state index in [9.17, 15) is 9.90 Å². The number of hydrogen-bond donors (Lipinski definition) is 1. The molecule has 3 aromatic rings. The smallest absolute Gasteiger partial charge is 0.352 e. The van der Waals surface area contributed by atoms with Gasteiger partial charge >= 0.3 is 5.97 Å². The number of rotatable bonds is 3. The molecule has 1 saturated carbocycles. The number of benzene rings is 1. The first-order valence-corrected chi connectivity index (χ1v) is 7.04. The van der Waals surface area contributed by atoms with E-state index in [0.717, 1.165) is 35.0 Å². The van der Waals surface area contributed by atoms with Crippen LogP contribution in [0.25, 0.3) is 22.2 Å². The topological polar surface area (TPSA) is 55.1 Å². The number of pyridine rings is 1. The molecular formula is C17H14N2O2. The molecule has 0 bridgehead atoms. The van der Waals surface area contributed by atoms with E-state index in [4.69, 9.17) is 0 Å². The molecule has 4 heteroatoms. The van der Waals surface area contributed by atoms with Crippen LogP contribution in [-0.2, 0) is 0 Å². The second-order valence-corrected chi connectivity index (χ2v) is 5.42. The largest absolute Gasteiger partial charge is 0.477 e. The van der Waals surface area contributed by atoms with Crippen molar-refractivity contribution in [2.24, 2.45) is 0 Å². The molecule has 1 aliphatic carbocycles. The SMILES string of the molecule is O=C(O)c1ccc(-c2ccc3ncccc3c2)n1C1CC1. The molecule has 1 aliphatic rings. The molecule has 2 aromatic heterocycles. The predicted octanol–water partition coefficient (Wildman–Crippen LogP) is 3.74. The maximum absolute atomic E-state index is 11.4. The van der Waals surface area contributed by atoms with Crippen LogP contribution in [0.2, 0.25) is 0 Å². The maximum atomic E-state index is 11.4. The van der Waals surface area contributed by atoms with Crippen molar-refractivity contribution in [1.29, 1.82) is 0 Å². The summed E-state index contributed by atoms with van der Waals surface area (Å²) in [4.78, 5) is 15.7. The van der Waals surface area contributed by atoms with E-state index in [-0.39, 0.29) is 0 Å². The lowest BCUT2D eigenvalue weighted by Gasteiger charge is -2.11. The van der Waals surface area contributed by atoms with E-state index < -0.39 is 5.97 Å². The first-order valence-electron chi connectivity index (χ1n) is 7.04. The number of hydrogen-bond acceptors (Lipinski definition) is 2. The van der Waals surface area contributed by atoms with E-state index >= 15 is 0 Å². The van der Waals surface area contributed by atoms with Gasteiger partial charge < -0.3 is 9.67 Å². The second-order valence-electron chi connectivity index (χ2n) is 5.42. The lowest BCUT2D eigenvalue weighted by molar-refractivity contribution is 0.0685. The molecule has 21 heavy (non-hydrogen) atoms. The number of aromatic nitrogens is 2. The van der Waals surface area contributed by atoms with Gasteiger partial charge in [0.15, 0.2) is 0 Å². The lowest BCUT2D eigenvalue weighted by atomic mass is 10.1. The van der Waals surface area contributed by atoms with Crippen LogP contribution in [0, 0.1) is 0 Å². The molecule has 0 spiro atoms. The Kier molecular flexibility index (Phi) is 2.57. The van der Waals surface area contributed by atoms with Gasteiger partial charge in [0, 0.05) is 23.3 Å². The summed E-state index contributed by atoms with van der Waals surface area (Å²) in [5.41, 5.74) is 3.33. The minimum atomic E-state index is -0.865. The molecule has 1 aromatic carbocycles. The van der Waals surface area contributed by atoms with E-state index in [2.05, 4.69) is 11.1 Å². The molecule has 104 valence electrons. The van der Waals surface area contributed by atoms with Crippen LogP contribution in [0.3, 0.4) is 0 Å². The number of nitrogens with zero attached hydrogens (tertiary/aromatic N) is 2. The molecule has 1 N–H and O–H groups in total. The highest BCUT2D eigenvalue weighted by Crippen LogP contribution is 2.40. The van der Waals surface area contributed by atoms with Gasteiger partial charge in [-0.2, -0.15) is 0 Å². The Labute approximate surface area is 121 Å². The van der Waals surface area contributed by atoms with Crippen LogP contribution in [0.1, 0.15) is 29.4 Å². The zero-order valence-electron chi connectivity index (χ0n) is 11.4. The minimum absolute atomic E-state index is 0.325. The summed E-state index contributed by atoms with van der Waals surface area (Å²) in [7, 11) is 0. The van der Waals surface area contributed by atoms with Crippen molar-refractivity contribution in [2.45, 2.75) is 18.9 Å². The second kappa shape index (κ2) is 4.45. The summed E-state index contributed by atoms with van der Waals surface area (Å²) >= 11 is 0. The van der Waals surface area contributed by atoms with Crippen molar-refractivity contribution in [3.63, 3.8) is 0 Å². The van der Waals surface area contributed by atoms with Crippen LogP contribution in [0.15, 0.2) is 48.7 Å². The van der Waals surface area contributed by atoms with Gasteiger partial charge in [-0.15, -0.1) is 0 Å². The number of aromatic carboxylic acids is 1. The third-order valence-electron chi connectivity index (χ3n) is 3.95. The molecule has 0 unspecified atom stereocenters. The number of carbonyl (C=O) groups is 1. The van der Waals surface area contributed by atoms with Crippen molar-refractivity contribution in [3.8, 4) is 11.3 Å². The molecule has 4 nitrogen and oxygen atoms in total. The molecule has 2 heterocycles. The minimum Gasteiger partial charge on any atom is -0.477 e. The van der Waals surface area contributed by atoms with Crippen LogP contribution >= 0.6 is 0 Å². The maximum Gasteiger partial charge on any atom is 0.352 e. The molecular weight excluding hydrogens is 264 g/mol. The third kappa shape index (κ3) is 2.00. The quantitative estimate of drug-likeness (QED) is 0.794. The summed E-state index contributed by atoms with van der Waals surface area (Å²) in [6.45, 7) is 0. The Morgan fingerprint density at radius 3 is 2.81 bits per heavy atom. The fourth-order valence-electron chi connectivity index (χ4n) is 2.82. The summed E-state index contributed by atoms with van der Waals surface area (Å²) in [5.74, 6) is -0.865. The van der Waals surface area contributed by atoms with Crippen molar-refractivity contribution >= 4 is 16.9 Å². The summed E-state index contributed by atoms with van der Waals surface area (Å²) in [5, 5.41) is 10.4. The zero-order chi connectivity index (χ0) is 14.4. The van der Waals surface area contributed by atoms with E-state index in [1.165, 1.54) is 0 Å². The van der Waals surface area contributed by atoms with Crippen LogP contribution in [-0.4, -0.2) is 20.6 Å². The average molecular weight is 278 g/mol. The Bertz CT molecular complexity index is 847. The summed E-state index contributed by atoms with van der Waals surface area (Å²) < 4.78 is 1.96. The highest BCUT2D eigenvalue weighted by atomic mass is 16.4. The van der Waals surface area contributed by atoms with E-state index in [0.29, 0.717) is 11.7 Å². The molecule has 0 saturated heterocycles. The van der Waals surface area contributed by atoms with Gasteiger partial charge in [0.25, 0.3) is 0 Å². The van der Waals surface area contributed by atoms with Gasteiger partial charge in [-0.1, -0.05) is 12.1 Å².